The van der Waals surface area contributed by atoms with E-state index in [2.05, 4.69) is 18.9 Å². The van der Waals surface area contributed by atoms with Crippen molar-refractivity contribution >= 4 is 5.91 Å². The van der Waals surface area contributed by atoms with Crippen LogP contribution in [-0.4, -0.2) is 56.0 Å². The Kier molecular flexibility index (Phi) is 6.65. The van der Waals surface area contributed by atoms with E-state index in [0.29, 0.717) is 24.8 Å². The second-order valence-electron chi connectivity index (χ2n) is 5.90. The van der Waals surface area contributed by atoms with Crippen LogP contribution in [0.15, 0.2) is 0 Å². The van der Waals surface area contributed by atoms with Crippen LogP contribution >= 0.6 is 0 Å². The van der Waals surface area contributed by atoms with Crippen molar-refractivity contribution in [3.8, 4) is 0 Å². The lowest BCUT2D eigenvalue weighted by molar-refractivity contribution is -0.130. The van der Waals surface area contributed by atoms with Crippen LogP contribution in [0.25, 0.3) is 0 Å². The Hall–Kier alpha value is -0.610. The molecule has 0 radical (unpaired) electrons. The van der Waals surface area contributed by atoms with E-state index in [9.17, 15) is 4.79 Å². The van der Waals surface area contributed by atoms with Crippen molar-refractivity contribution in [2.24, 2.45) is 17.6 Å². The Labute approximate surface area is 111 Å². The summed E-state index contributed by atoms with van der Waals surface area (Å²) in [5, 5.41) is 0. The molecule has 106 valence electrons. The van der Waals surface area contributed by atoms with Crippen LogP contribution in [0.3, 0.4) is 0 Å². The maximum absolute atomic E-state index is 12.0. The molecule has 0 aromatic heterocycles. The van der Waals surface area contributed by atoms with Gasteiger partial charge in [-0.2, -0.15) is 0 Å². The van der Waals surface area contributed by atoms with Gasteiger partial charge in [-0.1, -0.05) is 6.92 Å². The predicted molar refractivity (Wildman–Crippen MR) is 75.3 cm³/mol. The van der Waals surface area contributed by atoms with Crippen LogP contribution in [-0.2, 0) is 4.79 Å². The van der Waals surface area contributed by atoms with Crippen molar-refractivity contribution in [3.05, 3.63) is 0 Å². The number of amides is 1. The molecular weight excluding hydrogens is 226 g/mol. The van der Waals surface area contributed by atoms with E-state index in [4.69, 9.17) is 5.73 Å². The van der Waals surface area contributed by atoms with Gasteiger partial charge in [0.2, 0.25) is 5.91 Å². The zero-order chi connectivity index (χ0) is 13.5. The van der Waals surface area contributed by atoms with Gasteiger partial charge in [-0.25, -0.2) is 0 Å². The summed E-state index contributed by atoms with van der Waals surface area (Å²) < 4.78 is 0. The molecule has 1 fully saturated rings. The number of rotatable bonds is 6. The SMILES string of the molecule is CC(CN)CCC(=O)N(C)CC1CCN(C)CC1. The molecule has 1 atom stereocenters. The fraction of sp³-hybridized carbons (Fsp3) is 0.929. The fourth-order valence-electron chi connectivity index (χ4n) is 2.41. The van der Waals surface area contributed by atoms with Gasteiger partial charge in [0, 0.05) is 20.0 Å². The number of piperidine rings is 1. The summed E-state index contributed by atoms with van der Waals surface area (Å²) in [6.45, 7) is 6.02. The van der Waals surface area contributed by atoms with Gasteiger partial charge in [-0.3, -0.25) is 4.79 Å². The average molecular weight is 255 g/mol. The maximum atomic E-state index is 12.0. The molecule has 0 saturated carbocycles. The summed E-state index contributed by atoms with van der Waals surface area (Å²) in [6.07, 6.45) is 3.98. The highest BCUT2D eigenvalue weighted by Crippen LogP contribution is 2.17. The second-order valence-corrected chi connectivity index (χ2v) is 5.90. The molecule has 0 aromatic rings. The Morgan fingerprint density at radius 2 is 2.06 bits per heavy atom. The van der Waals surface area contributed by atoms with Gasteiger partial charge in [0.1, 0.15) is 0 Å². The zero-order valence-corrected chi connectivity index (χ0v) is 12.2. The molecular formula is C14H29N3O. The summed E-state index contributed by atoms with van der Waals surface area (Å²) in [5.41, 5.74) is 5.57. The number of nitrogens with two attached hydrogens (primary N) is 1. The monoisotopic (exact) mass is 255 g/mol. The van der Waals surface area contributed by atoms with Crippen LogP contribution < -0.4 is 5.73 Å². The van der Waals surface area contributed by atoms with Gasteiger partial charge in [-0.15, -0.1) is 0 Å². The van der Waals surface area contributed by atoms with E-state index in [1.807, 2.05) is 11.9 Å². The third kappa shape index (κ3) is 5.36. The Morgan fingerprint density at radius 3 is 2.61 bits per heavy atom. The number of carbonyl (C=O) groups excluding carboxylic acids is 1. The van der Waals surface area contributed by atoms with Gasteiger partial charge in [0.25, 0.3) is 0 Å². The van der Waals surface area contributed by atoms with Gasteiger partial charge < -0.3 is 15.5 Å². The van der Waals surface area contributed by atoms with Gasteiger partial charge in [-0.05, 0) is 57.8 Å². The third-order valence-electron chi connectivity index (χ3n) is 4.05. The van der Waals surface area contributed by atoms with E-state index >= 15 is 0 Å². The summed E-state index contributed by atoms with van der Waals surface area (Å²) >= 11 is 0. The minimum Gasteiger partial charge on any atom is -0.345 e. The molecule has 1 rings (SSSR count). The first kappa shape index (κ1) is 15.4. The summed E-state index contributed by atoms with van der Waals surface area (Å²) in [6, 6.07) is 0. The Bertz CT molecular complexity index is 249. The van der Waals surface area contributed by atoms with Crippen molar-refractivity contribution in [3.63, 3.8) is 0 Å². The van der Waals surface area contributed by atoms with E-state index in [0.717, 1.165) is 26.1 Å². The standard InChI is InChI=1S/C14H29N3O/c1-12(10-15)4-5-14(18)17(3)11-13-6-8-16(2)9-7-13/h12-13H,4-11,15H2,1-3H3. The molecule has 0 aromatic carbocycles. The molecule has 1 amide bonds. The van der Waals surface area contributed by atoms with Crippen LogP contribution in [0.5, 0.6) is 0 Å². The molecule has 1 saturated heterocycles. The van der Waals surface area contributed by atoms with Crippen LogP contribution in [0, 0.1) is 11.8 Å². The molecule has 1 aliphatic rings. The highest BCUT2D eigenvalue weighted by atomic mass is 16.2. The molecule has 1 heterocycles. The summed E-state index contributed by atoms with van der Waals surface area (Å²) in [7, 11) is 4.10. The highest BCUT2D eigenvalue weighted by Gasteiger charge is 2.20. The third-order valence-corrected chi connectivity index (χ3v) is 4.05. The van der Waals surface area contributed by atoms with Crippen molar-refractivity contribution in [2.45, 2.75) is 32.6 Å². The number of likely N-dealkylation sites (tertiary alicyclic amines) is 1. The van der Waals surface area contributed by atoms with E-state index in [1.165, 1.54) is 12.8 Å². The molecule has 1 aliphatic heterocycles. The minimum absolute atomic E-state index is 0.272. The molecule has 18 heavy (non-hydrogen) atoms. The normalized spacial score (nSPS) is 19.8. The van der Waals surface area contributed by atoms with Crippen LogP contribution in [0.4, 0.5) is 0 Å². The van der Waals surface area contributed by atoms with Gasteiger partial charge in [0.15, 0.2) is 0 Å². The molecule has 0 bridgehead atoms. The summed E-state index contributed by atoms with van der Waals surface area (Å²) in [5.74, 6) is 1.40. The first-order valence-corrected chi connectivity index (χ1v) is 7.15. The van der Waals surface area contributed by atoms with Crippen molar-refractivity contribution < 1.29 is 4.79 Å². The van der Waals surface area contributed by atoms with E-state index in [1.54, 1.807) is 0 Å². The first-order valence-electron chi connectivity index (χ1n) is 7.15. The number of nitrogens with zero attached hydrogens (tertiary/aromatic N) is 2. The molecule has 0 spiro atoms. The maximum Gasteiger partial charge on any atom is 0.222 e. The molecule has 2 N–H and O–H groups in total. The number of hydrogen-bond donors (Lipinski definition) is 1. The lowest BCUT2D eigenvalue weighted by atomic mass is 9.96. The fourth-order valence-corrected chi connectivity index (χ4v) is 2.41. The van der Waals surface area contributed by atoms with E-state index in [-0.39, 0.29) is 5.91 Å². The molecule has 4 nitrogen and oxygen atoms in total. The van der Waals surface area contributed by atoms with Crippen LogP contribution in [0.2, 0.25) is 0 Å². The number of hydrogen-bond acceptors (Lipinski definition) is 3. The smallest absolute Gasteiger partial charge is 0.222 e. The predicted octanol–water partition coefficient (Wildman–Crippen LogP) is 1.16. The van der Waals surface area contributed by atoms with Gasteiger partial charge in [0.05, 0.1) is 0 Å². The Balaban J connectivity index is 2.22. The van der Waals surface area contributed by atoms with Crippen molar-refractivity contribution in [1.82, 2.24) is 9.80 Å². The van der Waals surface area contributed by atoms with Crippen LogP contribution in [0.1, 0.15) is 32.6 Å². The van der Waals surface area contributed by atoms with Gasteiger partial charge >= 0.3 is 0 Å². The summed E-state index contributed by atoms with van der Waals surface area (Å²) in [4.78, 5) is 16.3. The lowest BCUT2D eigenvalue weighted by Crippen LogP contribution is -2.38. The molecule has 1 unspecified atom stereocenters. The molecule has 4 heteroatoms. The second kappa shape index (κ2) is 7.74. The van der Waals surface area contributed by atoms with E-state index < -0.39 is 0 Å². The van der Waals surface area contributed by atoms with Crippen molar-refractivity contribution in [2.75, 3.05) is 40.3 Å². The topological polar surface area (TPSA) is 49.6 Å². The zero-order valence-electron chi connectivity index (χ0n) is 12.2. The lowest BCUT2D eigenvalue weighted by Gasteiger charge is -2.31. The minimum atomic E-state index is 0.272. The average Bonchev–Trinajstić information content (AvgIpc) is 2.38. The quantitative estimate of drug-likeness (QED) is 0.775. The van der Waals surface area contributed by atoms with Crippen molar-refractivity contribution in [1.29, 1.82) is 0 Å². The number of carbonyl (C=O) groups is 1. The Morgan fingerprint density at radius 1 is 1.44 bits per heavy atom. The largest absolute Gasteiger partial charge is 0.345 e. The first-order chi connectivity index (χ1) is 8.52. The highest BCUT2D eigenvalue weighted by molar-refractivity contribution is 5.75. The molecule has 0 aliphatic carbocycles.